The van der Waals surface area contributed by atoms with E-state index in [0.717, 1.165) is 12.0 Å². The molecule has 0 aliphatic carbocycles. The van der Waals surface area contributed by atoms with Crippen molar-refractivity contribution >= 4 is 5.97 Å². The first kappa shape index (κ1) is 13.5. The summed E-state index contributed by atoms with van der Waals surface area (Å²) in [5.41, 5.74) is 0.991. The molecule has 0 heterocycles. The Labute approximate surface area is 102 Å². The summed E-state index contributed by atoms with van der Waals surface area (Å²) < 4.78 is 5.45. The first-order chi connectivity index (χ1) is 8.10. The van der Waals surface area contributed by atoms with Crippen molar-refractivity contribution in [2.24, 2.45) is 0 Å². The number of hydrogen-bond acceptors (Lipinski definition) is 3. The van der Waals surface area contributed by atoms with Gasteiger partial charge in [0.15, 0.2) is 6.10 Å². The predicted molar refractivity (Wildman–Crippen MR) is 66.3 cm³/mol. The van der Waals surface area contributed by atoms with E-state index >= 15 is 0 Å². The number of ether oxygens (including phenoxy) is 1. The second kappa shape index (κ2) is 6.25. The molecule has 0 bridgehead atoms. The fraction of sp³-hybridized carbons (Fsp3) is 0.462. The van der Waals surface area contributed by atoms with Crippen molar-refractivity contribution in [1.29, 1.82) is 0 Å². The van der Waals surface area contributed by atoms with Crippen molar-refractivity contribution in [3.8, 4) is 5.75 Å². The van der Waals surface area contributed by atoms with Crippen LogP contribution in [0.3, 0.4) is 0 Å². The Morgan fingerprint density at radius 2 is 2.12 bits per heavy atom. The summed E-state index contributed by atoms with van der Waals surface area (Å²) in [5.74, 6) is -0.332. The lowest BCUT2D eigenvalue weighted by Gasteiger charge is -2.20. The molecule has 17 heavy (non-hydrogen) atoms. The van der Waals surface area contributed by atoms with Gasteiger partial charge in [0.1, 0.15) is 5.75 Å². The second-order valence-electron chi connectivity index (χ2n) is 3.89. The molecule has 0 saturated heterocycles. The number of aliphatic carboxylic acids is 1. The molecule has 1 aromatic carbocycles. The minimum atomic E-state index is -0.961. The van der Waals surface area contributed by atoms with Crippen molar-refractivity contribution in [3.63, 3.8) is 0 Å². The van der Waals surface area contributed by atoms with E-state index in [9.17, 15) is 4.79 Å². The summed E-state index contributed by atoms with van der Waals surface area (Å²) in [6.45, 7) is 3.60. The normalized spacial score (nSPS) is 14.1. The second-order valence-corrected chi connectivity index (χ2v) is 3.89. The number of nitrogens with one attached hydrogen (secondary N) is 1. The summed E-state index contributed by atoms with van der Waals surface area (Å²) in [7, 11) is 1.88. The molecule has 2 atom stereocenters. The lowest BCUT2D eigenvalue weighted by molar-refractivity contribution is -0.144. The number of hydrogen-bond donors (Lipinski definition) is 2. The third-order valence-corrected chi connectivity index (χ3v) is 2.70. The van der Waals surface area contributed by atoms with E-state index in [4.69, 9.17) is 9.84 Å². The van der Waals surface area contributed by atoms with Gasteiger partial charge in [0.05, 0.1) is 0 Å². The van der Waals surface area contributed by atoms with E-state index in [1.165, 1.54) is 6.92 Å². The van der Waals surface area contributed by atoms with E-state index in [1.54, 1.807) is 6.07 Å². The third-order valence-electron chi connectivity index (χ3n) is 2.70. The van der Waals surface area contributed by atoms with Gasteiger partial charge in [-0.2, -0.15) is 0 Å². The van der Waals surface area contributed by atoms with Crippen LogP contribution in [0.2, 0.25) is 0 Å². The highest BCUT2D eigenvalue weighted by atomic mass is 16.5. The van der Waals surface area contributed by atoms with Crippen LogP contribution in [0.4, 0.5) is 0 Å². The molecule has 0 aliphatic rings. The number of rotatable bonds is 6. The van der Waals surface area contributed by atoms with Gasteiger partial charge in [0.2, 0.25) is 0 Å². The molecule has 0 aliphatic heterocycles. The zero-order chi connectivity index (χ0) is 12.8. The molecule has 0 saturated carbocycles. The molecule has 1 rings (SSSR count). The van der Waals surface area contributed by atoms with Gasteiger partial charge in [0, 0.05) is 11.6 Å². The highest BCUT2D eigenvalue weighted by Crippen LogP contribution is 2.27. The number of carboxylic acid groups (broad SMARTS) is 1. The van der Waals surface area contributed by atoms with Crippen molar-refractivity contribution in [2.45, 2.75) is 32.4 Å². The molecular formula is C13H19NO3. The average molecular weight is 237 g/mol. The summed E-state index contributed by atoms with van der Waals surface area (Å²) >= 11 is 0. The van der Waals surface area contributed by atoms with Crippen LogP contribution in [0, 0.1) is 0 Å². The van der Waals surface area contributed by atoms with Crippen LogP contribution in [0.25, 0.3) is 0 Å². The summed E-state index contributed by atoms with van der Waals surface area (Å²) in [6, 6.07) is 7.69. The monoisotopic (exact) mass is 237 g/mol. The number of para-hydroxylation sites is 1. The van der Waals surface area contributed by atoms with E-state index in [2.05, 4.69) is 12.2 Å². The van der Waals surface area contributed by atoms with E-state index in [1.807, 2.05) is 25.2 Å². The number of carboxylic acids is 1. The van der Waals surface area contributed by atoms with Gasteiger partial charge in [-0.1, -0.05) is 25.1 Å². The van der Waals surface area contributed by atoms with Crippen LogP contribution >= 0.6 is 0 Å². The molecule has 0 amide bonds. The lowest BCUT2D eigenvalue weighted by Crippen LogP contribution is -2.24. The van der Waals surface area contributed by atoms with Crippen molar-refractivity contribution in [2.75, 3.05) is 7.05 Å². The largest absolute Gasteiger partial charge is 0.479 e. The highest BCUT2D eigenvalue weighted by Gasteiger charge is 2.17. The third kappa shape index (κ3) is 3.46. The Hall–Kier alpha value is -1.55. The minimum absolute atomic E-state index is 0.173. The van der Waals surface area contributed by atoms with Crippen LogP contribution in [-0.4, -0.2) is 24.2 Å². The SMILES string of the molecule is CCC(NC)c1ccccc1OC(C)C(=O)O. The first-order valence-electron chi connectivity index (χ1n) is 5.75. The topological polar surface area (TPSA) is 58.6 Å². The molecule has 0 aromatic heterocycles. The standard InChI is InChI=1S/C13H19NO3/c1-4-11(14-3)10-7-5-6-8-12(10)17-9(2)13(15)16/h5-9,11,14H,4H2,1-3H3,(H,15,16). The van der Waals surface area contributed by atoms with Crippen LogP contribution in [0.15, 0.2) is 24.3 Å². The van der Waals surface area contributed by atoms with Crippen molar-refractivity contribution in [1.82, 2.24) is 5.32 Å². The van der Waals surface area contributed by atoms with Gasteiger partial charge in [-0.25, -0.2) is 4.79 Å². The summed E-state index contributed by atoms with van der Waals surface area (Å²) in [4.78, 5) is 10.8. The van der Waals surface area contributed by atoms with Crippen LogP contribution in [0.5, 0.6) is 5.75 Å². The zero-order valence-electron chi connectivity index (χ0n) is 10.4. The van der Waals surface area contributed by atoms with E-state index < -0.39 is 12.1 Å². The minimum Gasteiger partial charge on any atom is -0.479 e. The smallest absolute Gasteiger partial charge is 0.344 e. The molecule has 0 radical (unpaired) electrons. The molecule has 2 unspecified atom stereocenters. The van der Waals surface area contributed by atoms with Gasteiger partial charge in [-0.3, -0.25) is 0 Å². The molecule has 1 aromatic rings. The fourth-order valence-electron chi connectivity index (χ4n) is 1.70. The Kier molecular flexibility index (Phi) is 4.97. The predicted octanol–water partition coefficient (Wildman–Crippen LogP) is 2.21. The van der Waals surface area contributed by atoms with Crippen LogP contribution < -0.4 is 10.1 Å². The molecule has 4 nitrogen and oxygen atoms in total. The first-order valence-corrected chi connectivity index (χ1v) is 5.75. The highest BCUT2D eigenvalue weighted by molar-refractivity contribution is 5.72. The maximum atomic E-state index is 10.8. The molecule has 0 spiro atoms. The Morgan fingerprint density at radius 3 is 2.65 bits per heavy atom. The van der Waals surface area contributed by atoms with Gasteiger partial charge < -0.3 is 15.2 Å². The maximum Gasteiger partial charge on any atom is 0.344 e. The summed E-state index contributed by atoms with van der Waals surface area (Å²) in [6.07, 6.45) is 0.0729. The van der Waals surface area contributed by atoms with Crippen molar-refractivity contribution < 1.29 is 14.6 Å². The Morgan fingerprint density at radius 1 is 1.47 bits per heavy atom. The molecule has 2 N–H and O–H groups in total. The Bertz CT molecular complexity index is 375. The van der Waals surface area contributed by atoms with Crippen LogP contribution in [-0.2, 0) is 4.79 Å². The molecule has 94 valence electrons. The zero-order valence-corrected chi connectivity index (χ0v) is 10.4. The average Bonchev–Trinajstić information content (AvgIpc) is 2.32. The Balaban J connectivity index is 2.95. The van der Waals surface area contributed by atoms with Gasteiger partial charge in [-0.05, 0) is 26.5 Å². The van der Waals surface area contributed by atoms with Crippen molar-refractivity contribution in [3.05, 3.63) is 29.8 Å². The molecule has 4 heteroatoms. The lowest BCUT2D eigenvalue weighted by atomic mass is 10.0. The molecular weight excluding hydrogens is 218 g/mol. The fourth-order valence-corrected chi connectivity index (χ4v) is 1.70. The van der Waals surface area contributed by atoms with Gasteiger partial charge >= 0.3 is 5.97 Å². The van der Waals surface area contributed by atoms with Crippen LogP contribution in [0.1, 0.15) is 31.9 Å². The van der Waals surface area contributed by atoms with Gasteiger partial charge in [-0.15, -0.1) is 0 Å². The van der Waals surface area contributed by atoms with E-state index in [0.29, 0.717) is 5.75 Å². The number of carbonyl (C=O) groups is 1. The molecule has 0 fully saturated rings. The van der Waals surface area contributed by atoms with E-state index in [-0.39, 0.29) is 6.04 Å². The summed E-state index contributed by atoms with van der Waals surface area (Å²) in [5, 5.41) is 12.0. The maximum absolute atomic E-state index is 10.8. The van der Waals surface area contributed by atoms with Gasteiger partial charge in [0.25, 0.3) is 0 Å². The quantitative estimate of drug-likeness (QED) is 0.796. The number of benzene rings is 1.